The average molecular weight is 548 g/mol. The zero-order chi connectivity index (χ0) is 26.9. The van der Waals surface area contributed by atoms with Crippen LogP contribution in [0.1, 0.15) is 42.5 Å². The molecule has 2 unspecified atom stereocenters. The molecule has 7 rings (SSSR count). The molecule has 5 aliphatic rings. The largest absolute Gasteiger partial charge is 0.373 e. The van der Waals surface area contributed by atoms with Gasteiger partial charge in [0, 0.05) is 49.0 Å². The van der Waals surface area contributed by atoms with Gasteiger partial charge in [-0.25, -0.2) is 12.8 Å². The summed E-state index contributed by atoms with van der Waals surface area (Å²) in [5.41, 5.74) is 4.58. The molecule has 9 heteroatoms. The van der Waals surface area contributed by atoms with E-state index < -0.39 is 27.7 Å². The van der Waals surface area contributed by atoms with Gasteiger partial charge in [-0.15, -0.1) is 0 Å². The van der Waals surface area contributed by atoms with Crippen LogP contribution in [-0.4, -0.2) is 60.7 Å². The van der Waals surface area contributed by atoms with Gasteiger partial charge in [-0.1, -0.05) is 29.3 Å². The molecular weight excluding hydrogens is 517 g/mol. The van der Waals surface area contributed by atoms with Crippen molar-refractivity contribution in [2.45, 2.75) is 55.4 Å². The Morgan fingerprint density at radius 2 is 1.87 bits per heavy atom. The molecule has 7 nitrogen and oxygen atoms in total. The van der Waals surface area contributed by atoms with Crippen molar-refractivity contribution in [2.75, 3.05) is 20.3 Å². The number of allylic oxidation sites excluding steroid dienone is 1. The number of aromatic nitrogens is 1. The fraction of sp³-hybridized carbons (Fsp3) is 0.367. The number of rotatable bonds is 3. The fourth-order valence-electron chi connectivity index (χ4n) is 6.58. The maximum atomic E-state index is 15.6. The molecule has 0 radical (unpaired) electrons. The highest BCUT2D eigenvalue weighted by molar-refractivity contribution is 7.89. The summed E-state index contributed by atoms with van der Waals surface area (Å²) in [6.07, 6.45) is 9.53. The molecule has 39 heavy (non-hydrogen) atoms. The Balaban J connectivity index is 1.45. The van der Waals surface area contributed by atoms with Crippen molar-refractivity contribution < 1.29 is 22.3 Å². The summed E-state index contributed by atoms with van der Waals surface area (Å²) in [6.45, 7) is 3.06. The number of aryl methyl sites for hydroxylation is 1. The van der Waals surface area contributed by atoms with Gasteiger partial charge in [0.2, 0.25) is 0 Å². The standard InChI is InChI=1S/C30H30FN3O4S/c1-19-5-7-22(8-6-19)39(35,36)34-25(20-9-11-30(12-10-20)37-14-15-38-30)17-26-27-21(18-33(26)2)16-24(31)23-4-3-13-32-28(23)29(27)34/h3-9,13,16,18,25-26H,10-12,14-15,17H2,1-2H3. The number of halogens is 1. The Labute approximate surface area is 228 Å². The number of sulfonamides is 1. The van der Waals surface area contributed by atoms with E-state index in [-0.39, 0.29) is 10.9 Å². The predicted molar refractivity (Wildman–Crippen MR) is 145 cm³/mol. The number of likely N-dealkylation sites (N-methyl/N-ethyl adjacent to an activating group) is 1. The number of hydrogen-bond acceptors (Lipinski definition) is 6. The van der Waals surface area contributed by atoms with Crippen molar-refractivity contribution in [1.82, 2.24) is 14.2 Å². The first kappa shape index (κ1) is 24.7. The number of benzene rings is 1. The second-order valence-corrected chi connectivity index (χ2v) is 12.7. The molecule has 1 aromatic heterocycles. The van der Waals surface area contributed by atoms with E-state index in [0.29, 0.717) is 61.4 Å². The normalized spacial score (nSPS) is 25.7. The fourth-order valence-corrected chi connectivity index (χ4v) is 8.27. The van der Waals surface area contributed by atoms with Crippen molar-refractivity contribution in [1.29, 1.82) is 0 Å². The maximum absolute atomic E-state index is 15.6. The molecule has 0 amide bonds. The number of fused-ring (bicyclic) bond motifs is 2. The van der Waals surface area contributed by atoms with Crippen LogP contribution in [0.5, 0.6) is 0 Å². The summed E-state index contributed by atoms with van der Waals surface area (Å²) < 4.78 is 58.2. The van der Waals surface area contributed by atoms with E-state index in [2.05, 4.69) is 16.0 Å². The molecule has 4 heterocycles. The smallest absolute Gasteiger partial charge is 0.264 e. The molecule has 0 N–H and O–H groups in total. The highest BCUT2D eigenvalue weighted by atomic mass is 32.2. The molecule has 2 aliphatic carbocycles. The molecular formula is C30H30FN3O4S. The Bertz CT molecular complexity index is 1590. The molecule has 1 spiro atoms. The first-order valence-electron chi connectivity index (χ1n) is 13.4. The van der Waals surface area contributed by atoms with Crippen LogP contribution < -0.4 is 0 Å². The van der Waals surface area contributed by atoms with Gasteiger partial charge in [0.15, 0.2) is 5.79 Å². The van der Waals surface area contributed by atoms with E-state index in [9.17, 15) is 8.42 Å². The second-order valence-electron chi connectivity index (χ2n) is 10.9. The third-order valence-electron chi connectivity index (χ3n) is 8.54. The molecule has 3 aliphatic heterocycles. The van der Waals surface area contributed by atoms with E-state index in [4.69, 9.17) is 9.47 Å². The number of nitrogens with zero attached hydrogens (tertiary/aromatic N) is 3. The van der Waals surface area contributed by atoms with Gasteiger partial charge in [0.1, 0.15) is 5.83 Å². The average Bonchev–Trinajstić information content (AvgIpc) is 3.49. The first-order valence-corrected chi connectivity index (χ1v) is 14.8. The lowest BCUT2D eigenvalue weighted by atomic mass is 9.82. The van der Waals surface area contributed by atoms with Crippen LogP contribution in [0.2, 0.25) is 0 Å². The lowest BCUT2D eigenvalue weighted by Crippen LogP contribution is -2.49. The third kappa shape index (κ3) is 3.82. The van der Waals surface area contributed by atoms with Crippen molar-refractivity contribution >= 4 is 21.5 Å². The van der Waals surface area contributed by atoms with Crippen LogP contribution in [0.25, 0.3) is 11.5 Å². The van der Waals surface area contributed by atoms with Gasteiger partial charge in [-0.05, 0) is 50.1 Å². The van der Waals surface area contributed by atoms with Crippen LogP contribution in [0.4, 0.5) is 4.39 Å². The molecule has 2 aromatic rings. The summed E-state index contributed by atoms with van der Waals surface area (Å²) in [7, 11) is -2.08. The summed E-state index contributed by atoms with van der Waals surface area (Å²) in [4.78, 5) is 6.86. The van der Waals surface area contributed by atoms with Crippen molar-refractivity contribution in [2.24, 2.45) is 0 Å². The first-order chi connectivity index (χ1) is 18.8. The van der Waals surface area contributed by atoms with E-state index >= 15 is 4.39 Å². The SMILES string of the molecule is Cc1ccc(S(=O)(=O)N2C3=C4C(=CN(C)C4CC2C2=CCC4(CC2)OCCO4)C=C(F)c2cccnc23)cc1. The number of pyridine rings is 1. The van der Waals surface area contributed by atoms with Crippen LogP contribution in [0.15, 0.2) is 82.6 Å². The Morgan fingerprint density at radius 1 is 1.10 bits per heavy atom. The summed E-state index contributed by atoms with van der Waals surface area (Å²) >= 11 is 0. The van der Waals surface area contributed by atoms with E-state index in [1.54, 1.807) is 42.6 Å². The molecule has 1 fully saturated rings. The highest BCUT2D eigenvalue weighted by Crippen LogP contribution is 2.51. The van der Waals surface area contributed by atoms with Crippen LogP contribution in [0.3, 0.4) is 0 Å². The van der Waals surface area contributed by atoms with Crippen molar-refractivity contribution in [3.05, 3.63) is 94.5 Å². The van der Waals surface area contributed by atoms with E-state index in [1.165, 1.54) is 10.4 Å². The van der Waals surface area contributed by atoms with Crippen LogP contribution >= 0.6 is 0 Å². The maximum Gasteiger partial charge on any atom is 0.264 e. The van der Waals surface area contributed by atoms with Gasteiger partial charge in [-0.2, -0.15) is 0 Å². The van der Waals surface area contributed by atoms with Gasteiger partial charge in [0.25, 0.3) is 10.0 Å². The van der Waals surface area contributed by atoms with Crippen LogP contribution in [0, 0.1) is 6.92 Å². The van der Waals surface area contributed by atoms with Gasteiger partial charge >= 0.3 is 0 Å². The van der Waals surface area contributed by atoms with Crippen LogP contribution in [-0.2, 0) is 19.5 Å². The molecule has 202 valence electrons. The third-order valence-corrected chi connectivity index (χ3v) is 10.4. The van der Waals surface area contributed by atoms with E-state index in [0.717, 1.165) is 16.7 Å². The molecule has 2 atom stereocenters. The van der Waals surface area contributed by atoms with Gasteiger partial charge in [0.05, 0.1) is 41.6 Å². The molecule has 1 aromatic carbocycles. The monoisotopic (exact) mass is 547 g/mol. The molecule has 0 bridgehead atoms. The summed E-state index contributed by atoms with van der Waals surface area (Å²) in [5, 5.41) is 0. The highest BCUT2D eigenvalue weighted by Gasteiger charge is 2.49. The van der Waals surface area contributed by atoms with Crippen molar-refractivity contribution in [3.8, 4) is 0 Å². The minimum Gasteiger partial charge on any atom is -0.373 e. The zero-order valence-electron chi connectivity index (χ0n) is 21.9. The Morgan fingerprint density at radius 3 is 2.59 bits per heavy atom. The number of hydrogen-bond donors (Lipinski definition) is 0. The Hall–Kier alpha value is -3.27. The zero-order valence-corrected chi connectivity index (χ0v) is 22.7. The van der Waals surface area contributed by atoms with Gasteiger partial charge in [-0.3, -0.25) is 9.29 Å². The minimum atomic E-state index is -4.05. The lowest BCUT2D eigenvalue weighted by Gasteiger charge is -2.45. The summed E-state index contributed by atoms with van der Waals surface area (Å²) in [5.74, 6) is -1.04. The number of ether oxygens (including phenoxy) is 2. The second kappa shape index (κ2) is 8.87. The van der Waals surface area contributed by atoms with Crippen molar-refractivity contribution in [3.63, 3.8) is 0 Å². The lowest BCUT2D eigenvalue weighted by molar-refractivity contribution is -0.161. The Kier molecular flexibility index (Phi) is 5.63. The predicted octanol–water partition coefficient (Wildman–Crippen LogP) is 4.94. The molecule has 0 saturated carbocycles. The molecule has 1 saturated heterocycles. The summed E-state index contributed by atoms with van der Waals surface area (Å²) in [6, 6.07) is 9.68. The van der Waals surface area contributed by atoms with Gasteiger partial charge < -0.3 is 14.4 Å². The minimum absolute atomic E-state index is 0.114. The quantitative estimate of drug-likeness (QED) is 0.507. The van der Waals surface area contributed by atoms with E-state index in [1.807, 2.05) is 20.2 Å². The topological polar surface area (TPSA) is 72.0 Å².